The zero-order valence-electron chi connectivity index (χ0n) is 12.3. The van der Waals surface area contributed by atoms with Crippen LogP contribution in [-0.4, -0.2) is 36.4 Å². The number of carboxylic acid groups (broad SMARTS) is 1. The monoisotopic (exact) mass is 287 g/mol. The van der Waals surface area contributed by atoms with Gasteiger partial charge < -0.3 is 14.7 Å². The van der Waals surface area contributed by atoms with Crippen molar-refractivity contribution >= 4 is 17.7 Å². The number of carboxylic acids is 1. The predicted octanol–water partition coefficient (Wildman–Crippen LogP) is 2.85. The Hall–Kier alpha value is -1.81. The van der Waals surface area contributed by atoms with Gasteiger partial charge in [0.05, 0.1) is 18.8 Å². The number of hydrogen-bond acceptors (Lipinski definition) is 3. The van der Waals surface area contributed by atoms with E-state index in [0.717, 1.165) is 42.8 Å². The number of nitrogens with zero attached hydrogens (tertiary/aromatic N) is 1. The quantitative estimate of drug-likeness (QED) is 0.869. The first kappa shape index (κ1) is 14.1. The van der Waals surface area contributed by atoms with Crippen molar-refractivity contribution in [3.63, 3.8) is 0 Å². The molecule has 1 heterocycles. The van der Waals surface area contributed by atoms with E-state index in [2.05, 4.69) is 17.0 Å². The SMILES string of the molecule is Cc1ccc(N2CCOC3CCCC32)c(/C=C/C(=O)O)c1. The van der Waals surface area contributed by atoms with Crippen molar-refractivity contribution in [2.45, 2.75) is 38.3 Å². The van der Waals surface area contributed by atoms with Crippen LogP contribution < -0.4 is 4.90 Å². The summed E-state index contributed by atoms with van der Waals surface area (Å²) in [5, 5.41) is 8.88. The average Bonchev–Trinajstić information content (AvgIpc) is 2.93. The number of aliphatic carboxylic acids is 1. The van der Waals surface area contributed by atoms with Crippen LogP contribution >= 0.6 is 0 Å². The second-order valence-corrected chi connectivity index (χ2v) is 5.83. The summed E-state index contributed by atoms with van der Waals surface area (Å²) in [6.45, 7) is 3.65. The summed E-state index contributed by atoms with van der Waals surface area (Å²) in [7, 11) is 0. The Bertz CT molecular complexity index is 567. The molecule has 1 aromatic rings. The molecule has 0 bridgehead atoms. The number of hydrogen-bond donors (Lipinski definition) is 1. The lowest BCUT2D eigenvalue weighted by Crippen LogP contribution is -2.48. The minimum Gasteiger partial charge on any atom is -0.478 e. The molecule has 112 valence electrons. The van der Waals surface area contributed by atoms with Gasteiger partial charge in [-0.05, 0) is 50.0 Å². The lowest BCUT2D eigenvalue weighted by Gasteiger charge is -2.40. The predicted molar refractivity (Wildman–Crippen MR) is 82.6 cm³/mol. The van der Waals surface area contributed by atoms with Crippen molar-refractivity contribution in [2.24, 2.45) is 0 Å². The summed E-state index contributed by atoms with van der Waals surface area (Å²) in [6, 6.07) is 6.68. The van der Waals surface area contributed by atoms with Crippen LogP contribution in [0.4, 0.5) is 5.69 Å². The lowest BCUT2D eigenvalue weighted by molar-refractivity contribution is -0.131. The van der Waals surface area contributed by atoms with E-state index in [1.165, 1.54) is 12.5 Å². The molecule has 1 N–H and O–H groups in total. The molecule has 0 radical (unpaired) electrons. The number of morpholine rings is 1. The van der Waals surface area contributed by atoms with Crippen molar-refractivity contribution in [1.82, 2.24) is 0 Å². The Kier molecular flexibility index (Phi) is 3.97. The van der Waals surface area contributed by atoms with Gasteiger partial charge in [-0.3, -0.25) is 0 Å². The highest BCUT2D eigenvalue weighted by atomic mass is 16.5. The Balaban J connectivity index is 1.95. The fourth-order valence-corrected chi connectivity index (χ4v) is 3.45. The van der Waals surface area contributed by atoms with E-state index in [4.69, 9.17) is 9.84 Å². The Morgan fingerprint density at radius 2 is 2.29 bits per heavy atom. The molecule has 1 aromatic carbocycles. The molecule has 21 heavy (non-hydrogen) atoms. The molecule has 1 saturated heterocycles. The summed E-state index contributed by atoms with van der Waals surface area (Å²) < 4.78 is 5.86. The molecule has 0 amide bonds. The first-order chi connectivity index (χ1) is 10.1. The fourth-order valence-electron chi connectivity index (χ4n) is 3.45. The first-order valence-electron chi connectivity index (χ1n) is 7.55. The van der Waals surface area contributed by atoms with Crippen molar-refractivity contribution in [3.05, 3.63) is 35.4 Å². The van der Waals surface area contributed by atoms with Crippen LogP contribution in [0.5, 0.6) is 0 Å². The van der Waals surface area contributed by atoms with Gasteiger partial charge in [-0.2, -0.15) is 0 Å². The maximum Gasteiger partial charge on any atom is 0.328 e. The van der Waals surface area contributed by atoms with Gasteiger partial charge in [0.25, 0.3) is 0 Å². The topological polar surface area (TPSA) is 49.8 Å². The average molecular weight is 287 g/mol. The van der Waals surface area contributed by atoms with Gasteiger partial charge in [-0.1, -0.05) is 11.6 Å². The van der Waals surface area contributed by atoms with Gasteiger partial charge in [-0.15, -0.1) is 0 Å². The fraction of sp³-hybridized carbons (Fsp3) is 0.471. The van der Waals surface area contributed by atoms with Crippen molar-refractivity contribution in [3.8, 4) is 0 Å². The molecule has 0 spiro atoms. The first-order valence-corrected chi connectivity index (χ1v) is 7.55. The van der Waals surface area contributed by atoms with Crippen molar-refractivity contribution in [1.29, 1.82) is 0 Å². The Morgan fingerprint density at radius 3 is 3.10 bits per heavy atom. The summed E-state index contributed by atoms with van der Waals surface area (Å²) >= 11 is 0. The van der Waals surface area contributed by atoms with Crippen LogP contribution in [0.3, 0.4) is 0 Å². The van der Waals surface area contributed by atoms with Crippen LogP contribution in [0.25, 0.3) is 6.08 Å². The summed E-state index contributed by atoms with van der Waals surface area (Å²) in [4.78, 5) is 13.2. The molecular weight excluding hydrogens is 266 g/mol. The lowest BCUT2D eigenvalue weighted by atomic mass is 10.0. The number of ether oxygens (including phenoxy) is 1. The molecule has 2 aliphatic rings. The maximum atomic E-state index is 10.8. The number of aryl methyl sites for hydroxylation is 1. The van der Waals surface area contributed by atoms with E-state index >= 15 is 0 Å². The number of rotatable bonds is 3. The molecule has 2 fully saturated rings. The van der Waals surface area contributed by atoms with E-state index in [9.17, 15) is 4.79 Å². The highest BCUT2D eigenvalue weighted by molar-refractivity contribution is 5.87. The van der Waals surface area contributed by atoms with Gasteiger partial charge in [0.1, 0.15) is 0 Å². The third-order valence-electron chi connectivity index (χ3n) is 4.38. The third kappa shape index (κ3) is 2.95. The molecule has 1 aliphatic carbocycles. The summed E-state index contributed by atoms with van der Waals surface area (Å²) in [5.74, 6) is -0.914. The molecule has 2 atom stereocenters. The molecule has 4 nitrogen and oxygen atoms in total. The smallest absolute Gasteiger partial charge is 0.328 e. The van der Waals surface area contributed by atoms with E-state index in [1.54, 1.807) is 6.08 Å². The molecule has 2 unspecified atom stereocenters. The molecule has 1 aliphatic heterocycles. The van der Waals surface area contributed by atoms with Crippen LogP contribution in [0.2, 0.25) is 0 Å². The molecular formula is C17H21NO3. The van der Waals surface area contributed by atoms with E-state index in [0.29, 0.717) is 12.1 Å². The molecule has 4 heteroatoms. The molecule has 0 aromatic heterocycles. The highest BCUT2D eigenvalue weighted by Gasteiger charge is 2.36. The van der Waals surface area contributed by atoms with Crippen LogP contribution in [0.15, 0.2) is 24.3 Å². The second-order valence-electron chi connectivity index (χ2n) is 5.83. The minimum atomic E-state index is -0.914. The van der Waals surface area contributed by atoms with Crippen LogP contribution in [0.1, 0.15) is 30.4 Å². The Morgan fingerprint density at radius 1 is 1.43 bits per heavy atom. The van der Waals surface area contributed by atoms with Crippen molar-refractivity contribution in [2.75, 3.05) is 18.1 Å². The van der Waals surface area contributed by atoms with Gasteiger partial charge in [0, 0.05) is 18.3 Å². The van der Waals surface area contributed by atoms with E-state index < -0.39 is 5.97 Å². The van der Waals surface area contributed by atoms with Crippen LogP contribution in [-0.2, 0) is 9.53 Å². The van der Waals surface area contributed by atoms with Gasteiger partial charge >= 0.3 is 5.97 Å². The Labute approximate surface area is 125 Å². The van der Waals surface area contributed by atoms with Gasteiger partial charge in [-0.25, -0.2) is 4.79 Å². The minimum absolute atomic E-state index is 0.330. The van der Waals surface area contributed by atoms with Gasteiger partial charge in [0.15, 0.2) is 0 Å². The highest BCUT2D eigenvalue weighted by Crippen LogP contribution is 2.35. The number of carbonyl (C=O) groups is 1. The standard InChI is InChI=1S/C17H21NO3/c1-12-5-7-14(13(11-12)6-8-17(19)20)18-9-10-21-16-4-2-3-15(16)18/h5-8,11,15-16H,2-4,9-10H2,1H3,(H,19,20)/b8-6+. The van der Waals surface area contributed by atoms with Gasteiger partial charge in [0.2, 0.25) is 0 Å². The number of anilines is 1. The van der Waals surface area contributed by atoms with E-state index in [-0.39, 0.29) is 0 Å². The largest absolute Gasteiger partial charge is 0.478 e. The van der Waals surface area contributed by atoms with Crippen molar-refractivity contribution < 1.29 is 14.6 Å². The summed E-state index contributed by atoms with van der Waals surface area (Å²) in [6.07, 6.45) is 6.73. The zero-order chi connectivity index (χ0) is 14.8. The summed E-state index contributed by atoms with van der Waals surface area (Å²) in [5.41, 5.74) is 3.24. The zero-order valence-corrected chi connectivity index (χ0v) is 12.3. The number of benzene rings is 1. The molecule has 3 rings (SSSR count). The third-order valence-corrected chi connectivity index (χ3v) is 4.38. The normalized spacial score (nSPS) is 25.3. The second kappa shape index (κ2) is 5.90. The number of fused-ring (bicyclic) bond motifs is 1. The van der Waals surface area contributed by atoms with E-state index in [1.807, 2.05) is 13.0 Å². The maximum absolute atomic E-state index is 10.8. The molecule has 1 saturated carbocycles. The van der Waals surface area contributed by atoms with Crippen LogP contribution in [0, 0.1) is 6.92 Å².